The summed E-state index contributed by atoms with van der Waals surface area (Å²) >= 11 is 0. The lowest BCUT2D eigenvalue weighted by molar-refractivity contribution is -0.253. The minimum absolute atomic E-state index is 0.345. The number of halogens is 4. The van der Waals surface area contributed by atoms with E-state index in [2.05, 4.69) is 9.72 Å². The molecule has 0 aliphatic heterocycles. The number of fused-ring (bicyclic) bond motifs is 1. The summed E-state index contributed by atoms with van der Waals surface area (Å²) in [5, 5.41) is 0.938. The smallest absolute Gasteiger partial charge is 0.428 e. The van der Waals surface area contributed by atoms with Gasteiger partial charge < -0.3 is 4.74 Å². The quantitative estimate of drug-likeness (QED) is 0.621. The number of hydrogen-bond donors (Lipinski definition) is 0. The summed E-state index contributed by atoms with van der Waals surface area (Å²) < 4.78 is 54.5. The van der Waals surface area contributed by atoms with Gasteiger partial charge in [-0.25, -0.2) is 4.98 Å². The third-order valence-electron chi connectivity index (χ3n) is 3.24. The summed E-state index contributed by atoms with van der Waals surface area (Å²) in [4.78, 5) is 4.43. The second kappa shape index (κ2) is 5.87. The molecule has 0 unspecified atom stereocenters. The van der Waals surface area contributed by atoms with Crippen molar-refractivity contribution in [3.8, 4) is 17.0 Å². The zero-order valence-electron chi connectivity index (χ0n) is 11.7. The van der Waals surface area contributed by atoms with E-state index in [1.165, 1.54) is 18.2 Å². The number of rotatable bonds is 4. The van der Waals surface area contributed by atoms with Crippen LogP contribution in [-0.4, -0.2) is 17.5 Å². The second-order valence-electron chi connectivity index (χ2n) is 4.88. The standard InChI is InChI=1S/C17H11F4NO/c18-16(19)17(20,21)23-13-6-3-5-12(10-13)15-9-8-11-4-1-2-7-14(11)22-15/h1-10,16H. The molecular formula is C17H11F4NO. The van der Waals surface area contributed by atoms with Crippen LogP contribution in [0.2, 0.25) is 0 Å². The maximum Gasteiger partial charge on any atom is 0.461 e. The highest BCUT2D eigenvalue weighted by Gasteiger charge is 2.43. The van der Waals surface area contributed by atoms with E-state index in [4.69, 9.17) is 0 Å². The normalized spacial score (nSPS) is 11.9. The molecule has 0 aliphatic rings. The van der Waals surface area contributed by atoms with Crippen LogP contribution < -0.4 is 4.74 Å². The first-order chi connectivity index (χ1) is 11.0. The molecule has 0 radical (unpaired) electrons. The zero-order valence-corrected chi connectivity index (χ0v) is 11.7. The van der Waals surface area contributed by atoms with Crippen molar-refractivity contribution in [1.29, 1.82) is 0 Å². The molecule has 0 atom stereocenters. The maximum atomic E-state index is 13.0. The molecule has 2 aromatic carbocycles. The van der Waals surface area contributed by atoms with Crippen LogP contribution >= 0.6 is 0 Å². The first-order valence-electron chi connectivity index (χ1n) is 6.77. The van der Waals surface area contributed by atoms with Crippen LogP contribution in [0.1, 0.15) is 0 Å². The Balaban J connectivity index is 1.95. The predicted molar refractivity (Wildman–Crippen MR) is 78.8 cm³/mol. The summed E-state index contributed by atoms with van der Waals surface area (Å²) in [6, 6.07) is 16.6. The molecule has 0 bridgehead atoms. The molecule has 0 fully saturated rings. The average Bonchev–Trinajstić information content (AvgIpc) is 2.54. The molecule has 0 saturated heterocycles. The van der Waals surface area contributed by atoms with Crippen molar-refractivity contribution in [2.75, 3.05) is 0 Å². The fraction of sp³-hybridized carbons (Fsp3) is 0.118. The van der Waals surface area contributed by atoms with Gasteiger partial charge in [0.1, 0.15) is 5.75 Å². The van der Waals surface area contributed by atoms with E-state index in [9.17, 15) is 17.6 Å². The topological polar surface area (TPSA) is 22.1 Å². The molecule has 0 N–H and O–H groups in total. The van der Waals surface area contributed by atoms with Crippen molar-refractivity contribution in [2.24, 2.45) is 0 Å². The molecule has 0 saturated carbocycles. The molecule has 2 nitrogen and oxygen atoms in total. The maximum absolute atomic E-state index is 13.0. The Morgan fingerprint density at radius 3 is 2.48 bits per heavy atom. The van der Waals surface area contributed by atoms with E-state index in [1.54, 1.807) is 12.1 Å². The van der Waals surface area contributed by atoms with Gasteiger partial charge in [0.25, 0.3) is 0 Å². The third kappa shape index (κ3) is 3.26. The Morgan fingerprint density at radius 1 is 0.913 bits per heavy atom. The van der Waals surface area contributed by atoms with Gasteiger partial charge in [0, 0.05) is 10.9 Å². The Morgan fingerprint density at radius 2 is 1.70 bits per heavy atom. The summed E-state index contributed by atoms with van der Waals surface area (Å²) in [5.41, 5.74) is 1.78. The van der Waals surface area contributed by atoms with Crippen LogP contribution in [0.3, 0.4) is 0 Å². The second-order valence-corrected chi connectivity index (χ2v) is 4.88. The van der Waals surface area contributed by atoms with Crippen molar-refractivity contribution in [1.82, 2.24) is 4.98 Å². The van der Waals surface area contributed by atoms with Crippen molar-refractivity contribution < 1.29 is 22.3 Å². The minimum Gasteiger partial charge on any atom is -0.428 e. The van der Waals surface area contributed by atoms with Crippen LogP contribution in [0.25, 0.3) is 22.2 Å². The van der Waals surface area contributed by atoms with Gasteiger partial charge in [-0.2, -0.15) is 17.6 Å². The van der Waals surface area contributed by atoms with E-state index in [1.807, 2.05) is 30.3 Å². The molecule has 0 aliphatic carbocycles. The van der Waals surface area contributed by atoms with Gasteiger partial charge in [0.05, 0.1) is 11.2 Å². The summed E-state index contributed by atoms with van der Waals surface area (Å²) in [7, 11) is 0. The molecule has 6 heteroatoms. The van der Waals surface area contributed by atoms with Gasteiger partial charge in [-0.05, 0) is 24.3 Å². The summed E-state index contributed by atoms with van der Waals surface area (Å²) in [5.74, 6) is -0.345. The number of aromatic nitrogens is 1. The molecule has 23 heavy (non-hydrogen) atoms. The van der Waals surface area contributed by atoms with Crippen LogP contribution in [0.4, 0.5) is 17.6 Å². The van der Waals surface area contributed by atoms with Crippen LogP contribution in [0.15, 0.2) is 60.7 Å². The van der Waals surface area contributed by atoms with E-state index in [0.717, 1.165) is 10.9 Å². The SMILES string of the molecule is FC(F)C(F)(F)Oc1cccc(-c2ccc3ccccc3n2)c1. The number of pyridine rings is 1. The highest BCUT2D eigenvalue weighted by atomic mass is 19.3. The van der Waals surface area contributed by atoms with Gasteiger partial charge >= 0.3 is 12.5 Å². The fourth-order valence-corrected chi connectivity index (χ4v) is 2.15. The lowest BCUT2D eigenvalue weighted by atomic mass is 10.1. The van der Waals surface area contributed by atoms with Gasteiger partial charge in [0.2, 0.25) is 0 Å². The van der Waals surface area contributed by atoms with Gasteiger partial charge in [-0.15, -0.1) is 0 Å². The van der Waals surface area contributed by atoms with Crippen molar-refractivity contribution >= 4 is 10.9 Å². The van der Waals surface area contributed by atoms with Crippen molar-refractivity contribution in [2.45, 2.75) is 12.5 Å². The van der Waals surface area contributed by atoms with E-state index in [0.29, 0.717) is 11.3 Å². The third-order valence-corrected chi connectivity index (χ3v) is 3.24. The van der Waals surface area contributed by atoms with Gasteiger partial charge in [0.15, 0.2) is 0 Å². The Kier molecular flexibility index (Phi) is 3.90. The highest BCUT2D eigenvalue weighted by molar-refractivity contribution is 5.81. The van der Waals surface area contributed by atoms with E-state index in [-0.39, 0.29) is 5.75 Å². The highest BCUT2D eigenvalue weighted by Crippen LogP contribution is 2.30. The molecule has 3 rings (SSSR count). The van der Waals surface area contributed by atoms with Crippen LogP contribution in [0.5, 0.6) is 5.75 Å². The number of nitrogens with zero attached hydrogens (tertiary/aromatic N) is 1. The average molecular weight is 321 g/mol. The Bertz CT molecular complexity index is 835. The minimum atomic E-state index is -4.53. The zero-order chi connectivity index (χ0) is 16.4. The van der Waals surface area contributed by atoms with E-state index < -0.39 is 12.5 Å². The Labute approximate surface area is 129 Å². The summed E-state index contributed by atoms with van der Waals surface area (Å²) in [6.07, 6.45) is -8.43. The number of alkyl halides is 4. The lowest BCUT2D eigenvalue weighted by Gasteiger charge is -2.17. The van der Waals surface area contributed by atoms with Crippen molar-refractivity contribution in [3.63, 3.8) is 0 Å². The largest absolute Gasteiger partial charge is 0.461 e. The molecule has 1 aromatic heterocycles. The van der Waals surface area contributed by atoms with Gasteiger partial charge in [-0.3, -0.25) is 0 Å². The number of benzene rings is 2. The van der Waals surface area contributed by atoms with Crippen LogP contribution in [-0.2, 0) is 0 Å². The molecule has 118 valence electrons. The molecule has 3 aromatic rings. The molecule has 0 spiro atoms. The monoisotopic (exact) mass is 321 g/mol. The number of hydrogen-bond acceptors (Lipinski definition) is 2. The first kappa shape index (κ1) is 15.3. The first-order valence-corrected chi connectivity index (χ1v) is 6.77. The number of para-hydroxylation sites is 1. The Hall–Kier alpha value is -2.63. The van der Waals surface area contributed by atoms with Crippen LogP contribution in [0, 0.1) is 0 Å². The fourth-order valence-electron chi connectivity index (χ4n) is 2.15. The van der Waals surface area contributed by atoms with Crippen molar-refractivity contribution in [3.05, 3.63) is 60.7 Å². The van der Waals surface area contributed by atoms with Gasteiger partial charge in [-0.1, -0.05) is 36.4 Å². The molecule has 0 amide bonds. The predicted octanol–water partition coefficient (Wildman–Crippen LogP) is 5.14. The number of ether oxygens (including phenoxy) is 1. The lowest BCUT2D eigenvalue weighted by Crippen LogP contribution is -2.33. The molecular weight excluding hydrogens is 310 g/mol. The van der Waals surface area contributed by atoms with E-state index >= 15 is 0 Å². The molecule has 1 heterocycles. The summed E-state index contributed by atoms with van der Waals surface area (Å²) in [6.45, 7) is 0.